The van der Waals surface area contributed by atoms with Gasteiger partial charge >= 0.3 is 6.18 Å². The number of rotatable bonds is 7. The molecule has 0 amide bonds. The van der Waals surface area contributed by atoms with Crippen LogP contribution >= 0.6 is 12.2 Å². The van der Waals surface area contributed by atoms with E-state index in [9.17, 15) is 17.6 Å². The first-order valence-corrected chi connectivity index (χ1v) is 6.07. The molecule has 0 fully saturated rings. The van der Waals surface area contributed by atoms with E-state index in [1.807, 2.05) is 0 Å². The number of hydrogen-bond acceptors (Lipinski definition) is 3. The van der Waals surface area contributed by atoms with Crippen LogP contribution in [-0.4, -0.2) is 31.0 Å². The van der Waals surface area contributed by atoms with Gasteiger partial charge < -0.3 is 15.2 Å². The maximum atomic E-state index is 13.5. The largest absolute Gasteiger partial charge is 0.493 e. The summed E-state index contributed by atoms with van der Waals surface area (Å²) in [7, 11) is 0. The van der Waals surface area contributed by atoms with Crippen LogP contribution in [0, 0.1) is 5.82 Å². The quantitative estimate of drug-likeness (QED) is 0.478. The fraction of sp³-hybridized carbons (Fsp3) is 0.417. The molecule has 1 aromatic carbocycles. The fourth-order valence-electron chi connectivity index (χ4n) is 1.39. The topological polar surface area (TPSA) is 44.5 Å². The second-order valence-corrected chi connectivity index (χ2v) is 4.29. The molecule has 0 heterocycles. The third-order valence-corrected chi connectivity index (χ3v) is 2.38. The number of ether oxygens (including phenoxy) is 2. The number of thiocarbonyl (C=S) groups is 1. The summed E-state index contributed by atoms with van der Waals surface area (Å²) in [5.41, 5.74) is 5.36. The van der Waals surface area contributed by atoms with Gasteiger partial charge in [0, 0.05) is 6.42 Å². The highest BCUT2D eigenvalue weighted by atomic mass is 32.1. The zero-order valence-corrected chi connectivity index (χ0v) is 11.2. The van der Waals surface area contributed by atoms with Crippen molar-refractivity contribution in [2.24, 2.45) is 5.73 Å². The third-order valence-electron chi connectivity index (χ3n) is 2.18. The minimum atomic E-state index is -4.34. The lowest BCUT2D eigenvalue weighted by Crippen LogP contribution is -2.18. The van der Waals surface area contributed by atoms with Crippen molar-refractivity contribution in [2.45, 2.75) is 12.6 Å². The maximum Gasteiger partial charge on any atom is 0.411 e. The lowest BCUT2D eigenvalue weighted by Gasteiger charge is -2.11. The van der Waals surface area contributed by atoms with Gasteiger partial charge in [0.2, 0.25) is 0 Å². The molecular weight excluding hydrogens is 298 g/mol. The van der Waals surface area contributed by atoms with Crippen molar-refractivity contribution in [3.63, 3.8) is 0 Å². The molecule has 0 saturated carbocycles. The summed E-state index contributed by atoms with van der Waals surface area (Å²) in [4.78, 5) is -0.147. The average Bonchev–Trinajstić information content (AvgIpc) is 2.31. The first-order chi connectivity index (χ1) is 9.31. The molecule has 0 saturated heterocycles. The zero-order chi connectivity index (χ0) is 15.2. The second-order valence-electron chi connectivity index (χ2n) is 3.85. The molecule has 2 N–H and O–H groups in total. The van der Waals surface area contributed by atoms with Gasteiger partial charge in [-0.2, -0.15) is 13.2 Å². The van der Waals surface area contributed by atoms with Gasteiger partial charge in [0.25, 0.3) is 0 Å². The van der Waals surface area contributed by atoms with Crippen molar-refractivity contribution in [1.82, 2.24) is 0 Å². The van der Waals surface area contributed by atoms with Crippen LogP contribution in [0.15, 0.2) is 18.2 Å². The van der Waals surface area contributed by atoms with Crippen LogP contribution in [0.4, 0.5) is 17.6 Å². The Morgan fingerprint density at radius 2 is 1.95 bits per heavy atom. The van der Waals surface area contributed by atoms with Gasteiger partial charge in [-0.25, -0.2) is 4.39 Å². The van der Waals surface area contributed by atoms with Crippen LogP contribution in [0.3, 0.4) is 0 Å². The van der Waals surface area contributed by atoms with E-state index >= 15 is 0 Å². The van der Waals surface area contributed by atoms with Crippen LogP contribution in [0.1, 0.15) is 12.0 Å². The molecule has 112 valence electrons. The number of benzene rings is 1. The van der Waals surface area contributed by atoms with Gasteiger partial charge in [0.1, 0.15) is 23.2 Å². The van der Waals surface area contributed by atoms with Gasteiger partial charge in [-0.3, -0.25) is 0 Å². The Morgan fingerprint density at radius 1 is 1.25 bits per heavy atom. The predicted molar refractivity (Wildman–Crippen MR) is 69.3 cm³/mol. The molecule has 0 spiro atoms. The van der Waals surface area contributed by atoms with E-state index in [-0.39, 0.29) is 35.9 Å². The highest BCUT2D eigenvalue weighted by Gasteiger charge is 2.27. The smallest absolute Gasteiger partial charge is 0.411 e. The number of halogens is 4. The van der Waals surface area contributed by atoms with E-state index in [0.29, 0.717) is 0 Å². The van der Waals surface area contributed by atoms with Gasteiger partial charge in [0.05, 0.1) is 18.8 Å². The molecule has 1 aromatic rings. The second kappa shape index (κ2) is 7.39. The maximum absolute atomic E-state index is 13.5. The van der Waals surface area contributed by atoms with Crippen LogP contribution in [0.2, 0.25) is 0 Å². The van der Waals surface area contributed by atoms with E-state index in [4.69, 9.17) is 22.7 Å². The van der Waals surface area contributed by atoms with Gasteiger partial charge in [-0.05, 0) is 12.1 Å². The number of hydrogen-bond donors (Lipinski definition) is 1. The normalized spacial score (nSPS) is 11.4. The Kier molecular flexibility index (Phi) is 6.15. The van der Waals surface area contributed by atoms with Crippen molar-refractivity contribution < 1.29 is 27.0 Å². The minimum Gasteiger partial charge on any atom is -0.493 e. The van der Waals surface area contributed by atoms with E-state index in [1.165, 1.54) is 18.2 Å². The first kappa shape index (κ1) is 16.6. The molecule has 3 nitrogen and oxygen atoms in total. The van der Waals surface area contributed by atoms with E-state index in [1.54, 1.807) is 0 Å². The molecule has 0 aliphatic carbocycles. The number of alkyl halides is 3. The monoisotopic (exact) mass is 311 g/mol. The molecule has 0 radical (unpaired) electrons. The standard InChI is InChI=1S/C12H13F4NO2S/c13-8-3-1-4-9(10(8)11(17)20)19-6-2-5-18-7-12(14,15)16/h1,3-4H,2,5-7H2,(H2,17,20). The summed E-state index contributed by atoms with van der Waals surface area (Å²) < 4.78 is 58.5. The Bertz CT molecular complexity index is 465. The molecular formula is C12H13F4NO2S. The van der Waals surface area contributed by atoms with E-state index < -0.39 is 18.6 Å². The molecule has 0 aliphatic heterocycles. The summed E-state index contributed by atoms with van der Waals surface area (Å²) in [5.74, 6) is -0.448. The lowest BCUT2D eigenvalue weighted by atomic mass is 10.2. The van der Waals surface area contributed by atoms with Crippen molar-refractivity contribution in [1.29, 1.82) is 0 Å². The van der Waals surface area contributed by atoms with Crippen molar-refractivity contribution >= 4 is 17.2 Å². The Labute approximate surface area is 118 Å². The molecule has 0 bridgehead atoms. The Balaban J connectivity index is 2.40. The number of nitrogens with two attached hydrogens (primary N) is 1. The highest BCUT2D eigenvalue weighted by Crippen LogP contribution is 2.21. The van der Waals surface area contributed by atoms with Gasteiger partial charge in [0.15, 0.2) is 0 Å². The molecule has 0 aliphatic rings. The minimum absolute atomic E-state index is 0.0151. The summed E-state index contributed by atoms with van der Waals surface area (Å²) >= 11 is 4.71. The Morgan fingerprint density at radius 3 is 2.55 bits per heavy atom. The molecule has 20 heavy (non-hydrogen) atoms. The van der Waals surface area contributed by atoms with Crippen LogP contribution in [0.5, 0.6) is 5.75 Å². The van der Waals surface area contributed by atoms with Crippen molar-refractivity contribution in [2.75, 3.05) is 19.8 Å². The average molecular weight is 311 g/mol. The Hall–Kier alpha value is -1.41. The van der Waals surface area contributed by atoms with E-state index in [2.05, 4.69) is 4.74 Å². The molecule has 0 unspecified atom stereocenters. The first-order valence-electron chi connectivity index (χ1n) is 5.67. The summed E-state index contributed by atoms with van der Waals surface area (Å²) in [6.07, 6.45) is -4.12. The molecule has 8 heteroatoms. The highest BCUT2D eigenvalue weighted by molar-refractivity contribution is 7.80. The predicted octanol–water partition coefficient (Wildman–Crippen LogP) is 2.81. The SMILES string of the molecule is NC(=S)c1c(F)cccc1OCCCOCC(F)(F)F. The van der Waals surface area contributed by atoms with Crippen LogP contribution in [0.25, 0.3) is 0 Å². The third kappa shape index (κ3) is 5.70. The van der Waals surface area contributed by atoms with Crippen LogP contribution < -0.4 is 10.5 Å². The zero-order valence-electron chi connectivity index (χ0n) is 10.4. The van der Waals surface area contributed by atoms with Gasteiger partial charge in [-0.15, -0.1) is 0 Å². The lowest BCUT2D eigenvalue weighted by molar-refractivity contribution is -0.174. The van der Waals surface area contributed by atoms with Gasteiger partial charge in [-0.1, -0.05) is 18.3 Å². The van der Waals surface area contributed by atoms with Crippen molar-refractivity contribution in [3.05, 3.63) is 29.6 Å². The van der Waals surface area contributed by atoms with Crippen LogP contribution in [-0.2, 0) is 4.74 Å². The summed E-state index contributed by atoms with van der Waals surface area (Å²) in [6, 6.07) is 4.09. The molecule has 0 aromatic heterocycles. The summed E-state index contributed by atoms with van der Waals surface area (Å²) in [6.45, 7) is -1.35. The summed E-state index contributed by atoms with van der Waals surface area (Å²) in [5, 5.41) is 0. The van der Waals surface area contributed by atoms with Crippen molar-refractivity contribution in [3.8, 4) is 5.75 Å². The fourth-order valence-corrected chi connectivity index (χ4v) is 1.59. The molecule has 0 atom stereocenters. The van der Waals surface area contributed by atoms with E-state index in [0.717, 1.165) is 0 Å². The molecule has 1 rings (SSSR count).